The van der Waals surface area contributed by atoms with Crippen molar-refractivity contribution < 1.29 is 9.18 Å². The first-order chi connectivity index (χ1) is 11.7. The summed E-state index contributed by atoms with van der Waals surface area (Å²) in [6, 6.07) is 16.1. The number of carbonyl (C=O) groups is 1. The molecule has 0 bridgehead atoms. The van der Waals surface area contributed by atoms with Gasteiger partial charge in [0, 0.05) is 12.5 Å². The molecule has 1 N–H and O–H groups in total. The lowest BCUT2D eigenvalue weighted by molar-refractivity contribution is -0.111. The highest BCUT2D eigenvalue weighted by molar-refractivity contribution is 7.15. The average Bonchev–Trinajstić information content (AvgIpc) is 3.03. The Hall–Kier alpha value is -2.86. The van der Waals surface area contributed by atoms with Gasteiger partial charge in [0.15, 0.2) is 0 Å². The van der Waals surface area contributed by atoms with Crippen LogP contribution in [0.5, 0.6) is 0 Å². The van der Waals surface area contributed by atoms with E-state index in [-0.39, 0.29) is 11.7 Å². The Kier molecular flexibility index (Phi) is 5.08. The molecule has 3 aromatic rings. The molecule has 0 atom stereocenters. The molecule has 3 rings (SSSR count). The fraction of sp³-hybridized carbons (Fsp3) is 0.0556. The van der Waals surface area contributed by atoms with Gasteiger partial charge in [-0.15, -0.1) is 10.2 Å². The molecular formula is C18H14FN3OS. The van der Waals surface area contributed by atoms with Gasteiger partial charge in [-0.1, -0.05) is 59.9 Å². The number of carbonyl (C=O) groups excluding carboxylic acids is 1. The van der Waals surface area contributed by atoms with E-state index in [2.05, 4.69) is 15.5 Å². The summed E-state index contributed by atoms with van der Waals surface area (Å²) in [5.41, 5.74) is 1.49. The van der Waals surface area contributed by atoms with Crippen LogP contribution in [0.2, 0.25) is 0 Å². The van der Waals surface area contributed by atoms with Gasteiger partial charge in [0.1, 0.15) is 10.8 Å². The van der Waals surface area contributed by atoms with Crippen LogP contribution < -0.4 is 5.32 Å². The highest BCUT2D eigenvalue weighted by Gasteiger charge is 2.09. The van der Waals surface area contributed by atoms with Gasteiger partial charge in [0.2, 0.25) is 11.0 Å². The first-order valence-corrected chi connectivity index (χ1v) is 8.12. The molecule has 1 amide bonds. The van der Waals surface area contributed by atoms with E-state index in [1.165, 1.54) is 23.5 Å². The highest BCUT2D eigenvalue weighted by Crippen LogP contribution is 2.20. The van der Waals surface area contributed by atoms with E-state index in [0.29, 0.717) is 22.1 Å². The normalized spacial score (nSPS) is 10.9. The van der Waals surface area contributed by atoms with Crippen molar-refractivity contribution in [3.8, 4) is 0 Å². The summed E-state index contributed by atoms with van der Waals surface area (Å²) in [7, 11) is 0. The second-order valence-electron chi connectivity index (χ2n) is 5.00. The predicted molar refractivity (Wildman–Crippen MR) is 93.2 cm³/mol. The van der Waals surface area contributed by atoms with Crippen molar-refractivity contribution in [1.82, 2.24) is 10.2 Å². The summed E-state index contributed by atoms with van der Waals surface area (Å²) in [6.07, 6.45) is 3.50. The van der Waals surface area contributed by atoms with Gasteiger partial charge >= 0.3 is 0 Å². The zero-order valence-electron chi connectivity index (χ0n) is 12.6. The number of rotatable bonds is 5. The lowest BCUT2D eigenvalue weighted by Crippen LogP contribution is -2.07. The van der Waals surface area contributed by atoms with Crippen LogP contribution in [0.25, 0.3) is 6.08 Å². The number of nitrogens with one attached hydrogen (secondary N) is 1. The molecule has 2 aromatic carbocycles. The summed E-state index contributed by atoms with van der Waals surface area (Å²) in [5, 5.41) is 11.6. The molecule has 0 saturated carbocycles. The number of anilines is 1. The number of amides is 1. The zero-order valence-corrected chi connectivity index (χ0v) is 13.5. The summed E-state index contributed by atoms with van der Waals surface area (Å²) in [6.45, 7) is 0. The Bertz CT molecular complexity index is 861. The van der Waals surface area contributed by atoms with Crippen molar-refractivity contribution in [3.05, 3.63) is 82.6 Å². The lowest BCUT2D eigenvalue weighted by atomic mass is 10.1. The summed E-state index contributed by atoms with van der Waals surface area (Å²) in [5.74, 6) is -0.559. The SMILES string of the molecule is O=C(C=Cc1ccccc1)Nc1nnc(Cc2ccccc2F)s1. The molecule has 0 saturated heterocycles. The van der Waals surface area contributed by atoms with Gasteiger partial charge in [-0.25, -0.2) is 4.39 Å². The van der Waals surface area contributed by atoms with Gasteiger partial charge in [-0.05, 0) is 23.3 Å². The monoisotopic (exact) mass is 339 g/mol. The topological polar surface area (TPSA) is 54.9 Å². The number of halogens is 1. The minimum atomic E-state index is -0.285. The molecule has 120 valence electrons. The maximum Gasteiger partial charge on any atom is 0.250 e. The van der Waals surface area contributed by atoms with Gasteiger partial charge in [-0.2, -0.15) is 0 Å². The molecule has 1 aromatic heterocycles. The van der Waals surface area contributed by atoms with Crippen LogP contribution in [0.1, 0.15) is 16.1 Å². The molecule has 0 spiro atoms. The Labute approximate surface area is 142 Å². The van der Waals surface area contributed by atoms with Crippen molar-refractivity contribution in [1.29, 1.82) is 0 Å². The Balaban J connectivity index is 1.61. The third kappa shape index (κ3) is 4.33. The second-order valence-corrected chi connectivity index (χ2v) is 6.06. The minimum absolute atomic E-state index is 0.274. The number of hydrogen-bond acceptors (Lipinski definition) is 4. The predicted octanol–water partition coefficient (Wildman–Crippen LogP) is 3.92. The molecular weight excluding hydrogens is 325 g/mol. The minimum Gasteiger partial charge on any atom is -0.297 e. The van der Waals surface area contributed by atoms with Crippen molar-refractivity contribution in [3.63, 3.8) is 0 Å². The fourth-order valence-corrected chi connectivity index (χ4v) is 2.83. The standard InChI is InChI=1S/C18H14FN3OS/c19-15-9-5-4-8-14(15)12-17-21-22-18(24-17)20-16(23)11-10-13-6-2-1-3-7-13/h1-11H,12H2,(H,20,22,23). The van der Waals surface area contributed by atoms with Gasteiger partial charge in [0.25, 0.3) is 0 Å². The van der Waals surface area contributed by atoms with E-state index in [4.69, 9.17) is 0 Å². The molecule has 0 radical (unpaired) electrons. The van der Waals surface area contributed by atoms with Crippen LogP contribution in [-0.2, 0) is 11.2 Å². The maximum absolute atomic E-state index is 13.6. The summed E-state index contributed by atoms with van der Waals surface area (Å²) >= 11 is 1.23. The number of benzene rings is 2. The molecule has 0 unspecified atom stereocenters. The maximum atomic E-state index is 13.6. The van der Waals surface area contributed by atoms with E-state index >= 15 is 0 Å². The molecule has 6 heteroatoms. The quantitative estimate of drug-likeness (QED) is 0.717. The van der Waals surface area contributed by atoms with E-state index in [1.807, 2.05) is 30.3 Å². The number of nitrogens with zero attached hydrogens (tertiary/aromatic N) is 2. The molecule has 0 aliphatic carbocycles. The molecule has 4 nitrogen and oxygen atoms in total. The first-order valence-electron chi connectivity index (χ1n) is 7.30. The number of hydrogen-bond donors (Lipinski definition) is 1. The van der Waals surface area contributed by atoms with Crippen molar-refractivity contribution in [2.75, 3.05) is 5.32 Å². The average molecular weight is 339 g/mol. The van der Waals surface area contributed by atoms with E-state index < -0.39 is 0 Å². The molecule has 0 fully saturated rings. The van der Waals surface area contributed by atoms with Crippen molar-refractivity contribution in [2.45, 2.75) is 6.42 Å². The van der Waals surface area contributed by atoms with Crippen LogP contribution in [0.3, 0.4) is 0 Å². The molecule has 0 aliphatic rings. The third-order valence-corrected chi connectivity index (χ3v) is 4.06. The van der Waals surface area contributed by atoms with E-state index in [9.17, 15) is 9.18 Å². The smallest absolute Gasteiger partial charge is 0.250 e. The Morgan fingerprint density at radius 2 is 1.83 bits per heavy atom. The largest absolute Gasteiger partial charge is 0.297 e. The van der Waals surface area contributed by atoms with Crippen LogP contribution in [0.15, 0.2) is 60.7 Å². The Morgan fingerprint density at radius 1 is 1.08 bits per heavy atom. The first kappa shape index (κ1) is 16.0. The lowest BCUT2D eigenvalue weighted by Gasteiger charge is -1.98. The fourth-order valence-electron chi connectivity index (χ4n) is 2.06. The molecule has 24 heavy (non-hydrogen) atoms. The van der Waals surface area contributed by atoms with Crippen molar-refractivity contribution in [2.24, 2.45) is 0 Å². The summed E-state index contributed by atoms with van der Waals surface area (Å²) < 4.78 is 13.6. The highest BCUT2D eigenvalue weighted by atomic mass is 32.1. The second kappa shape index (κ2) is 7.61. The number of aromatic nitrogens is 2. The van der Waals surface area contributed by atoms with Gasteiger partial charge < -0.3 is 0 Å². The zero-order chi connectivity index (χ0) is 16.8. The third-order valence-electron chi connectivity index (χ3n) is 3.22. The van der Waals surface area contributed by atoms with Crippen LogP contribution >= 0.6 is 11.3 Å². The van der Waals surface area contributed by atoms with Crippen LogP contribution in [0.4, 0.5) is 9.52 Å². The molecule has 0 aliphatic heterocycles. The van der Waals surface area contributed by atoms with Gasteiger partial charge in [0.05, 0.1) is 0 Å². The van der Waals surface area contributed by atoms with Crippen molar-refractivity contribution >= 4 is 28.5 Å². The Morgan fingerprint density at radius 3 is 2.62 bits per heavy atom. The van der Waals surface area contributed by atoms with Crippen LogP contribution in [-0.4, -0.2) is 16.1 Å². The summed E-state index contributed by atoms with van der Waals surface area (Å²) in [4.78, 5) is 11.9. The van der Waals surface area contributed by atoms with E-state index in [1.54, 1.807) is 24.3 Å². The van der Waals surface area contributed by atoms with E-state index in [0.717, 1.165) is 5.56 Å². The van der Waals surface area contributed by atoms with Gasteiger partial charge in [-0.3, -0.25) is 10.1 Å². The van der Waals surface area contributed by atoms with Crippen LogP contribution in [0, 0.1) is 5.82 Å². The molecule has 1 heterocycles.